The fraction of sp³-hybridized carbons (Fsp3) is 0.341. The van der Waals surface area contributed by atoms with Crippen LogP contribution in [0.25, 0.3) is 44.6 Å². The quantitative estimate of drug-likeness (QED) is 0.124. The summed E-state index contributed by atoms with van der Waals surface area (Å²) in [7, 11) is -1.34. The molecule has 0 aliphatic heterocycles. The maximum atomic E-state index is 5.93. The van der Waals surface area contributed by atoms with Crippen molar-refractivity contribution in [2.24, 2.45) is 0 Å². The average Bonchev–Trinajstić information content (AvgIpc) is 3.73. The zero-order chi connectivity index (χ0) is 32.4. The monoisotopic (exact) mass is 816 g/mol. The minimum absolute atomic E-state index is 0. The molecule has 0 atom stereocenters. The van der Waals surface area contributed by atoms with Gasteiger partial charge >= 0.3 is 0 Å². The van der Waals surface area contributed by atoms with Gasteiger partial charge in [0, 0.05) is 37.9 Å². The predicted molar refractivity (Wildman–Crippen MR) is 194 cm³/mol. The topological polar surface area (TPSA) is 51.8 Å². The van der Waals surface area contributed by atoms with Gasteiger partial charge in [-0.25, -0.2) is 0 Å². The van der Waals surface area contributed by atoms with Crippen molar-refractivity contribution in [3.63, 3.8) is 0 Å². The number of pyridine rings is 3. The summed E-state index contributed by atoms with van der Waals surface area (Å²) in [5.41, 5.74) is 9.59. The third-order valence-corrected chi connectivity index (χ3v) is 11.3. The minimum Gasteiger partial charge on any atom is -0.483 e. The van der Waals surface area contributed by atoms with Crippen LogP contribution < -0.4 is 5.19 Å². The molecule has 0 bridgehead atoms. The van der Waals surface area contributed by atoms with Crippen LogP contribution in [0.5, 0.6) is 0 Å². The molecule has 0 spiro atoms. The van der Waals surface area contributed by atoms with Crippen LogP contribution in [0.1, 0.15) is 87.8 Å². The Hall–Kier alpha value is -3.44. The second-order valence-electron chi connectivity index (χ2n) is 14.3. The molecular weight excluding hydrogens is 771 g/mol. The molecule has 1 radical (unpaired) electrons. The molecular formula is C41H45IrN3OSi-2. The van der Waals surface area contributed by atoms with Crippen LogP contribution in [0, 0.1) is 12.3 Å². The number of rotatable bonds is 6. The first-order valence-corrected chi connectivity index (χ1v) is 20.3. The van der Waals surface area contributed by atoms with Gasteiger partial charge in [-0.3, -0.25) is 0 Å². The molecule has 2 aromatic carbocycles. The number of hydrogen-bond donors (Lipinski definition) is 0. The van der Waals surface area contributed by atoms with Gasteiger partial charge in [0.1, 0.15) is 11.3 Å². The van der Waals surface area contributed by atoms with Gasteiger partial charge in [-0.2, -0.15) is 0 Å². The molecule has 4 heterocycles. The summed E-state index contributed by atoms with van der Waals surface area (Å²) < 4.78 is 5.93. The van der Waals surface area contributed by atoms with E-state index in [4.69, 9.17) is 9.40 Å². The van der Waals surface area contributed by atoms with E-state index in [1.54, 1.807) is 10.8 Å². The second-order valence-corrected chi connectivity index (χ2v) is 19.3. The van der Waals surface area contributed by atoms with Gasteiger partial charge < -0.3 is 19.4 Å². The fourth-order valence-corrected chi connectivity index (χ4v) is 8.04. The van der Waals surface area contributed by atoms with Crippen LogP contribution in [0.3, 0.4) is 0 Å². The summed E-state index contributed by atoms with van der Waals surface area (Å²) in [4.78, 5) is 13.7. The zero-order valence-corrected chi connectivity index (χ0v) is 32.0. The van der Waals surface area contributed by atoms with Gasteiger partial charge in [-0.1, -0.05) is 95.6 Å². The molecule has 47 heavy (non-hydrogen) atoms. The van der Waals surface area contributed by atoms with Crippen molar-refractivity contribution in [2.75, 3.05) is 0 Å². The number of furan rings is 1. The molecule has 6 heteroatoms. The summed E-state index contributed by atoms with van der Waals surface area (Å²) >= 11 is 0. The standard InChI is InChI=1S/C22H21N2O.C19H24NSi.Ir/c1-13(2)15-5-6-18-19-9-17(12-24-22(19)25-21(18)11-15)20-10-16(14(3)4)7-8-23-20;1-21(2,3)19-14-20-18(16-11-5-4-6-12-16)13-17(19)15-9-7-8-10-15;/h5-11,13-14H,1-4H3;4-6,11,13-15H,7-10H2,1-3H3;/q2*-1;. The number of aromatic nitrogens is 3. The summed E-state index contributed by atoms with van der Waals surface area (Å²) in [5, 5.41) is 3.65. The number of hydrogen-bond acceptors (Lipinski definition) is 4. The molecule has 4 aromatic heterocycles. The molecule has 1 saturated carbocycles. The average molecular weight is 816 g/mol. The van der Waals surface area contributed by atoms with Crippen molar-refractivity contribution >= 4 is 35.3 Å². The van der Waals surface area contributed by atoms with Crippen molar-refractivity contribution in [3.8, 4) is 22.5 Å². The Morgan fingerprint density at radius 2 is 1.51 bits per heavy atom. The second kappa shape index (κ2) is 14.8. The van der Waals surface area contributed by atoms with Gasteiger partial charge in [-0.15, -0.1) is 47.5 Å². The molecule has 1 aliphatic rings. The van der Waals surface area contributed by atoms with E-state index in [2.05, 4.69) is 130 Å². The third-order valence-electron chi connectivity index (χ3n) is 9.22. The van der Waals surface area contributed by atoms with Gasteiger partial charge in [-0.05, 0) is 76.4 Å². The SMILES string of the molecule is CC(C)c1ccnc(-c2[c-]nc3oc4cc(C(C)C)ccc4c3c2)c1.C[Si](C)(C)c1cnc(-c2[c-]cccc2)cc1C1CCCC1.[Ir]. The van der Waals surface area contributed by atoms with Gasteiger partial charge in [0.2, 0.25) is 0 Å². The van der Waals surface area contributed by atoms with Crippen LogP contribution in [0.2, 0.25) is 19.6 Å². The van der Waals surface area contributed by atoms with Gasteiger partial charge in [0.25, 0.3) is 0 Å². The molecule has 7 rings (SSSR count). The summed E-state index contributed by atoms with van der Waals surface area (Å²) in [6.45, 7) is 16.0. The van der Waals surface area contributed by atoms with Crippen molar-refractivity contribution in [3.05, 3.63) is 108 Å². The minimum atomic E-state index is -1.34. The van der Waals surface area contributed by atoms with Crippen LogP contribution in [-0.2, 0) is 20.1 Å². The Balaban J connectivity index is 0.000000183. The number of benzene rings is 2. The fourth-order valence-electron chi connectivity index (χ4n) is 6.45. The van der Waals surface area contributed by atoms with E-state index in [0.717, 1.165) is 44.8 Å². The molecule has 0 saturated heterocycles. The molecule has 245 valence electrons. The zero-order valence-electron chi connectivity index (χ0n) is 28.6. The van der Waals surface area contributed by atoms with E-state index in [1.807, 2.05) is 18.3 Å². The van der Waals surface area contributed by atoms with E-state index in [9.17, 15) is 0 Å². The van der Waals surface area contributed by atoms with Gasteiger partial charge in [0.05, 0.1) is 8.07 Å². The summed E-state index contributed by atoms with van der Waals surface area (Å²) in [6, 6.07) is 26.5. The molecule has 1 aliphatic carbocycles. The van der Waals surface area contributed by atoms with E-state index in [0.29, 0.717) is 17.5 Å². The maximum Gasteiger partial charge on any atom is 0.141 e. The van der Waals surface area contributed by atoms with Crippen molar-refractivity contribution < 1.29 is 24.5 Å². The van der Waals surface area contributed by atoms with Crippen LogP contribution in [-0.4, -0.2) is 23.0 Å². The van der Waals surface area contributed by atoms with Crippen molar-refractivity contribution in [2.45, 2.75) is 90.8 Å². The normalized spacial score (nSPS) is 13.6. The molecule has 6 aromatic rings. The number of fused-ring (bicyclic) bond motifs is 3. The third kappa shape index (κ3) is 7.83. The molecule has 0 unspecified atom stereocenters. The van der Waals surface area contributed by atoms with E-state index < -0.39 is 8.07 Å². The smallest absolute Gasteiger partial charge is 0.141 e. The van der Waals surface area contributed by atoms with Gasteiger partial charge in [0.15, 0.2) is 0 Å². The largest absolute Gasteiger partial charge is 0.483 e. The van der Waals surface area contributed by atoms with Crippen molar-refractivity contribution in [1.29, 1.82) is 0 Å². The van der Waals surface area contributed by atoms with Crippen molar-refractivity contribution in [1.82, 2.24) is 15.0 Å². The summed E-state index contributed by atoms with van der Waals surface area (Å²) in [6.07, 6.45) is 12.6. The van der Waals surface area contributed by atoms with E-state index in [-0.39, 0.29) is 20.1 Å². The van der Waals surface area contributed by atoms with Crippen LogP contribution in [0.4, 0.5) is 0 Å². The Bertz CT molecular complexity index is 1950. The number of nitrogens with zero attached hydrogens (tertiary/aromatic N) is 3. The Labute approximate surface area is 294 Å². The molecule has 1 fully saturated rings. The molecule has 0 amide bonds. The van der Waals surface area contributed by atoms with E-state index in [1.165, 1.54) is 36.8 Å². The molecule has 4 nitrogen and oxygen atoms in total. The summed E-state index contributed by atoms with van der Waals surface area (Å²) in [5.74, 6) is 1.68. The Kier molecular flexibility index (Phi) is 11.0. The maximum absolute atomic E-state index is 5.93. The van der Waals surface area contributed by atoms with Crippen LogP contribution >= 0.6 is 0 Å². The predicted octanol–water partition coefficient (Wildman–Crippen LogP) is 10.8. The van der Waals surface area contributed by atoms with Crippen LogP contribution in [0.15, 0.2) is 83.5 Å². The Morgan fingerprint density at radius 1 is 0.787 bits per heavy atom. The Morgan fingerprint density at radius 3 is 2.19 bits per heavy atom. The first kappa shape index (κ1) is 34.9. The van der Waals surface area contributed by atoms with E-state index >= 15 is 0 Å². The first-order valence-electron chi connectivity index (χ1n) is 16.8. The first-order chi connectivity index (χ1) is 22.1. The molecule has 0 N–H and O–H groups in total.